The molecule has 3 rings (SSSR count). The van der Waals surface area contributed by atoms with Gasteiger partial charge in [-0.05, 0) is 36.8 Å². The quantitative estimate of drug-likeness (QED) is 0.746. The molecule has 3 heterocycles. The highest BCUT2D eigenvalue weighted by molar-refractivity contribution is 5.58. The highest BCUT2D eigenvalue weighted by Gasteiger charge is 2.11. The van der Waals surface area contributed by atoms with E-state index in [1.54, 1.807) is 23.2 Å². The van der Waals surface area contributed by atoms with Crippen LogP contribution < -0.4 is 5.73 Å². The lowest BCUT2D eigenvalue weighted by atomic mass is 10.3. The van der Waals surface area contributed by atoms with Crippen molar-refractivity contribution in [2.24, 2.45) is 0 Å². The van der Waals surface area contributed by atoms with Gasteiger partial charge in [0.2, 0.25) is 0 Å². The summed E-state index contributed by atoms with van der Waals surface area (Å²) in [4.78, 5) is 4.26. The number of anilines is 1. The van der Waals surface area contributed by atoms with Gasteiger partial charge < -0.3 is 10.2 Å². The molecule has 0 saturated heterocycles. The van der Waals surface area contributed by atoms with Crippen LogP contribution in [-0.4, -0.2) is 14.8 Å². The van der Waals surface area contributed by atoms with Crippen molar-refractivity contribution in [1.29, 1.82) is 0 Å². The van der Waals surface area contributed by atoms with E-state index in [1.165, 1.54) is 0 Å². The number of aromatic nitrogens is 3. The molecule has 0 spiro atoms. The molecule has 2 N–H and O–H groups in total. The first kappa shape index (κ1) is 10.6. The van der Waals surface area contributed by atoms with E-state index in [9.17, 15) is 0 Å². The van der Waals surface area contributed by atoms with Crippen LogP contribution in [-0.2, 0) is 0 Å². The molecule has 0 aliphatic rings. The predicted octanol–water partition coefficient (Wildman–Crippen LogP) is 2.42. The second-order valence-electron chi connectivity index (χ2n) is 4.03. The topological polar surface area (TPSA) is 69.9 Å². The zero-order chi connectivity index (χ0) is 12.5. The fourth-order valence-corrected chi connectivity index (χ4v) is 1.76. The fourth-order valence-electron chi connectivity index (χ4n) is 1.76. The lowest BCUT2D eigenvalue weighted by Crippen LogP contribution is -2.03. The summed E-state index contributed by atoms with van der Waals surface area (Å²) >= 11 is 0. The number of furan rings is 1. The van der Waals surface area contributed by atoms with Crippen LogP contribution in [0.2, 0.25) is 0 Å². The normalized spacial score (nSPS) is 10.7. The van der Waals surface area contributed by atoms with Gasteiger partial charge in [0.1, 0.15) is 11.5 Å². The molecule has 0 saturated carbocycles. The van der Waals surface area contributed by atoms with Crippen LogP contribution in [0.15, 0.2) is 47.2 Å². The van der Waals surface area contributed by atoms with Gasteiger partial charge in [0.15, 0.2) is 11.6 Å². The summed E-state index contributed by atoms with van der Waals surface area (Å²) in [7, 11) is 0. The third kappa shape index (κ3) is 1.75. The van der Waals surface area contributed by atoms with E-state index < -0.39 is 0 Å². The van der Waals surface area contributed by atoms with Crippen LogP contribution in [0.25, 0.3) is 17.3 Å². The maximum Gasteiger partial charge on any atom is 0.155 e. The maximum absolute atomic E-state index is 5.95. The Balaban J connectivity index is 2.09. The van der Waals surface area contributed by atoms with Crippen molar-refractivity contribution in [3.05, 3.63) is 48.4 Å². The van der Waals surface area contributed by atoms with Crippen LogP contribution in [0.1, 0.15) is 5.56 Å². The Morgan fingerprint density at radius 3 is 2.89 bits per heavy atom. The molecule has 5 heteroatoms. The van der Waals surface area contributed by atoms with Crippen LogP contribution in [0.4, 0.5) is 5.82 Å². The van der Waals surface area contributed by atoms with Gasteiger partial charge in [-0.15, -0.1) is 0 Å². The number of aryl methyl sites for hydroxylation is 1. The minimum absolute atomic E-state index is 0.527. The molecule has 3 aromatic rings. The van der Waals surface area contributed by atoms with E-state index in [-0.39, 0.29) is 0 Å². The Kier molecular flexibility index (Phi) is 2.37. The maximum atomic E-state index is 5.95. The molecule has 0 amide bonds. The van der Waals surface area contributed by atoms with Crippen molar-refractivity contribution in [3.63, 3.8) is 0 Å². The second kappa shape index (κ2) is 4.03. The van der Waals surface area contributed by atoms with E-state index in [0.717, 1.165) is 5.56 Å². The van der Waals surface area contributed by atoms with Crippen molar-refractivity contribution in [1.82, 2.24) is 14.8 Å². The van der Waals surface area contributed by atoms with Crippen molar-refractivity contribution in [3.8, 4) is 17.3 Å². The van der Waals surface area contributed by atoms with Gasteiger partial charge in [0.25, 0.3) is 0 Å². The SMILES string of the molecule is Cc1ccnc(-n2nc(-c3ccco3)cc2N)c1. The van der Waals surface area contributed by atoms with Gasteiger partial charge in [-0.25, -0.2) is 4.98 Å². The zero-order valence-corrected chi connectivity index (χ0v) is 9.87. The number of hydrogen-bond donors (Lipinski definition) is 1. The third-order valence-corrected chi connectivity index (χ3v) is 2.63. The first-order valence-electron chi connectivity index (χ1n) is 5.56. The monoisotopic (exact) mass is 240 g/mol. The molecule has 0 radical (unpaired) electrons. The predicted molar refractivity (Wildman–Crippen MR) is 68.2 cm³/mol. The largest absolute Gasteiger partial charge is 0.463 e. The van der Waals surface area contributed by atoms with Gasteiger partial charge in [0, 0.05) is 12.3 Å². The van der Waals surface area contributed by atoms with Gasteiger partial charge in [-0.3, -0.25) is 0 Å². The van der Waals surface area contributed by atoms with E-state index in [0.29, 0.717) is 23.1 Å². The first-order valence-corrected chi connectivity index (χ1v) is 5.56. The highest BCUT2D eigenvalue weighted by Crippen LogP contribution is 2.22. The molecule has 0 unspecified atom stereocenters. The lowest BCUT2D eigenvalue weighted by molar-refractivity contribution is 0.579. The first-order chi connectivity index (χ1) is 8.74. The molecule has 90 valence electrons. The minimum atomic E-state index is 0.527. The number of nitrogen functional groups attached to an aromatic ring is 1. The number of nitrogens with zero attached hydrogens (tertiary/aromatic N) is 3. The molecule has 0 aromatic carbocycles. The van der Waals surface area contributed by atoms with Gasteiger partial charge in [0.05, 0.1) is 6.26 Å². The molecule has 18 heavy (non-hydrogen) atoms. The zero-order valence-electron chi connectivity index (χ0n) is 9.87. The van der Waals surface area contributed by atoms with E-state index in [2.05, 4.69) is 10.1 Å². The number of pyridine rings is 1. The summed E-state index contributed by atoms with van der Waals surface area (Å²) in [5, 5.41) is 4.40. The minimum Gasteiger partial charge on any atom is -0.463 e. The van der Waals surface area contributed by atoms with Crippen molar-refractivity contribution in [2.45, 2.75) is 6.92 Å². The summed E-state index contributed by atoms with van der Waals surface area (Å²) < 4.78 is 6.90. The average molecular weight is 240 g/mol. The van der Waals surface area contributed by atoms with Crippen molar-refractivity contribution >= 4 is 5.82 Å². The second-order valence-corrected chi connectivity index (χ2v) is 4.03. The Morgan fingerprint density at radius 2 is 2.17 bits per heavy atom. The Morgan fingerprint density at radius 1 is 1.28 bits per heavy atom. The smallest absolute Gasteiger partial charge is 0.155 e. The van der Waals surface area contributed by atoms with Gasteiger partial charge in [-0.2, -0.15) is 9.78 Å². The van der Waals surface area contributed by atoms with Gasteiger partial charge >= 0.3 is 0 Å². The summed E-state index contributed by atoms with van der Waals surface area (Å²) in [6.45, 7) is 2.00. The van der Waals surface area contributed by atoms with Gasteiger partial charge in [-0.1, -0.05) is 0 Å². The Hall–Kier alpha value is -2.56. The third-order valence-electron chi connectivity index (χ3n) is 2.63. The van der Waals surface area contributed by atoms with Crippen LogP contribution >= 0.6 is 0 Å². The summed E-state index contributed by atoms with van der Waals surface area (Å²) in [6.07, 6.45) is 3.34. The van der Waals surface area contributed by atoms with Crippen LogP contribution in [0.3, 0.4) is 0 Å². The summed E-state index contributed by atoms with van der Waals surface area (Å²) in [5.74, 6) is 1.91. The fraction of sp³-hybridized carbons (Fsp3) is 0.0769. The number of rotatable bonds is 2. The molecule has 0 fully saturated rings. The Labute approximate surface area is 104 Å². The van der Waals surface area contributed by atoms with E-state index in [4.69, 9.17) is 10.2 Å². The van der Waals surface area contributed by atoms with Crippen LogP contribution in [0, 0.1) is 6.92 Å². The Bertz CT molecular complexity index is 670. The average Bonchev–Trinajstić information content (AvgIpc) is 2.97. The molecule has 5 nitrogen and oxygen atoms in total. The standard InChI is InChI=1S/C13H12N4O/c1-9-4-5-15-13(7-9)17-12(14)8-10(16-17)11-3-2-6-18-11/h2-8H,14H2,1H3. The van der Waals surface area contributed by atoms with E-state index in [1.807, 2.05) is 31.2 Å². The van der Waals surface area contributed by atoms with E-state index >= 15 is 0 Å². The molecule has 0 aliphatic heterocycles. The summed E-state index contributed by atoms with van der Waals surface area (Å²) in [5.41, 5.74) is 7.75. The molecule has 0 aliphatic carbocycles. The molecular formula is C13H12N4O. The molecule has 0 atom stereocenters. The molecule has 0 bridgehead atoms. The number of nitrogens with two attached hydrogens (primary N) is 1. The highest BCUT2D eigenvalue weighted by atomic mass is 16.3. The summed E-state index contributed by atoms with van der Waals surface area (Å²) in [6, 6.07) is 9.28. The van der Waals surface area contributed by atoms with Crippen molar-refractivity contribution < 1.29 is 4.42 Å². The lowest BCUT2D eigenvalue weighted by Gasteiger charge is -2.02. The van der Waals surface area contributed by atoms with Crippen molar-refractivity contribution in [2.75, 3.05) is 5.73 Å². The molecule has 3 aromatic heterocycles. The number of hydrogen-bond acceptors (Lipinski definition) is 4. The van der Waals surface area contributed by atoms with Crippen LogP contribution in [0.5, 0.6) is 0 Å². The molecular weight excluding hydrogens is 228 g/mol.